The quantitative estimate of drug-likeness (QED) is 0.267. The Labute approximate surface area is 149 Å². The predicted octanol–water partition coefficient (Wildman–Crippen LogP) is 6.68. The first-order valence-electron chi connectivity index (χ1n) is 10.4. The third kappa shape index (κ3) is 19.2. The third-order valence-electron chi connectivity index (χ3n) is 4.74. The van der Waals surface area contributed by atoms with Crippen LogP contribution in [0.2, 0.25) is 0 Å². The van der Waals surface area contributed by atoms with Gasteiger partial charge in [0.15, 0.2) is 0 Å². The highest BCUT2D eigenvalue weighted by Crippen LogP contribution is 2.14. The molecule has 1 N–H and O–H groups in total. The van der Waals surface area contributed by atoms with Crippen molar-refractivity contribution < 1.29 is 14.7 Å². The Morgan fingerprint density at radius 3 is 1.12 bits per heavy atom. The number of hydrogen-bond acceptors (Lipinski definition) is 2. The maximum absolute atomic E-state index is 11.2. The maximum Gasteiger partial charge on any atom is 0.303 e. The molecule has 142 valence electrons. The summed E-state index contributed by atoms with van der Waals surface area (Å²) in [7, 11) is 0. The summed E-state index contributed by atoms with van der Waals surface area (Å²) in [6, 6.07) is 0. The molecule has 0 aliphatic rings. The van der Waals surface area contributed by atoms with Gasteiger partial charge in [0.1, 0.15) is 5.78 Å². The first kappa shape index (κ1) is 23.1. The van der Waals surface area contributed by atoms with Gasteiger partial charge in [0.05, 0.1) is 0 Å². The topological polar surface area (TPSA) is 54.4 Å². The number of carboxylic acid groups (broad SMARTS) is 1. The Bertz CT molecular complexity index is 299. The number of ketones is 1. The van der Waals surface area contributed by atoms with Gasteiger partial charge in [0.25, 0.3) is 0 Å². The zero-order chi connectivity index (χ0) is 17.9. The van der Waals surface area contributed by atoms with E-state index in [2.05, 4.69) is 0 Å². The summed E-state index contributed by atoms with van der Waals surface area (Å²) in [5, 5.41) is 8.55. The van der Waals surface area contributed by atoms with Gasteiger partial charge in [-0.15, -0.1) is 0 Å². The van der Waals surface area contributed by atoms with Crippen molar-refractivity contribution in [3.05, 3.63) is 0 Å². The fraction of sp³-hybridized carbons (Fsp3) is 0.905. The number of Topliss-reactive ketones (excluding diaryl/α,β-unsaturated/α-hetero) is 1. The Morgan fingerprint density at radius 1 is 0.542 bits per heavy atom. The first-order chi connectivity index (χ1) is 11.7. The molecule has 0 aliphatic carbocycles. The van der Waals surface area contributed by atoms with Gasteiger partial charge in [0, 0.05) is 19.3 Å². The molecule has 0 aromatic carbocycles. The van der Waals surface area contributed by atoms with Crippen LogP contribution in [0.4, 0.5) is 0 Å². The highest BCUT2D eigenvalue weighted by molar-refractivity contribution is 5.77. The molecule has 0 aromatic rings. The Kier molecular flexibility index (Phi) is 17.8. The maximum atomic E-state index is 11.2. The lowest BCUT2D eigenvalue weighted by Crippen LogP contribution is -1.94. The minimum atomic E-state index is -0.665. The molecule has 3 heteroatoms. The van der Waals surface area contributed by atoms with E-state index in [4.69, 9.17) is 5.11 Å². The van der Waals surface area contributed by atoms with E-state index in [0.717, 1.165) is 25.7 Å². The van der Waals surface area contributed by atoms with Crippen LogP contribution in [0.25, 0.3) is 0 Å². The SMILES string of the molecule is CCC(=O)CCCCCCCCCCCCCCCCCC(=O)O. The van der Waals surface area contributed by atoms with E-state index in [0.29, 0.717) is 18.6 Å². The minimum absolute atomic E-state index is 0.330. The number of rotatable bonds is 19. The van der Waals surface area contributed by atoms with Gasteiger partial charge in [0.2, 0.25) is 0 Å². The van der Waals surface area contributed by atoms with E-state index in [1.807, 2.05) is 6.92 Å². The summed E-state index contributed by atoms with van der Waals surface area (Å²) in [6.45, 7) is 1.95. The molecule has 0 amide bonds. The Balaban J connectivity index is 3.03. The van der Waals surface area contributed by atoms with Crippen molar-refractivity contribution in [1.82, 2.24) is 0 Å². The number of hydrogen-bond donors (Lipinski definition) is 1. The van der Waals surface area contributed by atoms with E-state index in [1.165, 1.54) is 77.0 Å². The molecular weight excluding hydrogens is 300 g/mol. The standard InChI is InChI=1S/C21H40O3/c1-2-20(22)18-16-14-12-10-8-6-4-3-5-7-9-11-13-15-17-19-21(23)24/h2-19H2,1H3,(H,23,24). The molecule has 24 heavy (non-hydrogen) atoms. The minimum Gasteiger partial charge on any atom is -0.481 e. The van der Waals surface area contributed by atoms with Crippen LogP contribution in [-0.4, -0.2) is 16.9 Å². The van der Waals surface area contributed by atoms with Gasteiger partial charge < -0.3 is 5.11 Å². The summed E-state index contributed by atoms with van der Waals surface area (Å²) in [4.78, 5) is 21.5. The molecule has 0 rings (SSSR count). The van der Waals surface area contributed by atoms with Gasteiger partial charge in [-0.1, -0.05) is 90.4 Å². The van der Waals surface area contributed by atoms with Crippen LogP contribution < -0.4 is 0 Å². The highest BCUT2D eigenvalue weighted by Gasteiger charge is 1.98. The average molecular weight is 341 g/mol. The molecule has 0 bridgehead atoms. The van der Waals surface area contributed by atoms with Crippen LogP contribution in [0.1, 0.15) is 122 Å². The average Bonchev–Trinajstić information content (AvgIpc) is 2.57. The zero-order valence-electron chi connectivity index (χ0n) is 16.0. The fourth-order valence-corrected chi connectivity index (χ4v) is 3.07. The Morgan fingerprint density at radius 2 is 0.833 bits per heavy atom. The van der Waals surface area contributed by atoms with Crippen molar-refractivity contribution in [3.8, 4) is 0 Å². The van der Waals surface area contributed by atoms with Crippen molar-refractivity contribution >= 4 is 11.8 Å². The second kappa shape index (κ2) is 18.5. The molecule has 0 unspecified atom stereocenters. The zero-order valence-corrected chi connectivity index (χ0v) is 16.0. The molecule has 0 heterocycles. The van der Waals surface area contributed by atoms with Crippen LogP contribution in [-0.2, 0) is 9.59 Å². The fourth-order valence-electron chi connectivity index (χ4n) is 3.07. The normalized spacial score (nSPS) is 10.9. The summed E-state index contributed by atoms with van der Waals surface area (Å²) >= 11 is 0. The monoisotopic (exact) mass is 340 g/mol. The second-order valence-corrected chi connectivity index (χ2v) is 7.09. The first-order valence-corrected chi connectivity index (χ1v) is 10.4. The van der Waals surface area contributed by atoms with Gasteiger partial charge in [-0.25, -0.2) is 0 Å². The second-order valence-electron chi connectivity index (χ2n) is 7.09. The Hall–Kier alpha value is -0.860. The van der Waals surface area contributed by atoms with E-state index < -0.39 is 5.97 Å². The van der Waals surface area contributed by atoms with E-state index in [-0.39, 0.29) is 0 Å². The largest absolute Gasteiger partial charge is 0.481 e. The van der Waals surface area contributed by atoms with Crippen molar-refractivity contribution in [1.29, 1.82) is 0 Å². The molecule has 0 fully saturated rings. The van der Waals surface area contributed by atoms with Crippen LogP contribution in [0.15, 0.2) is 0 Å². The lowest BCUT2D eigenvalue weighted by Gasteiger charge is -2.03. The number of unbranched alkanes of at least 4 members (excludes halogenated alkanes) is 14. The van der Waals surface area contributed by atoms with Crippen molar-refractivity contribution in [2.75, 3.05) is 0 Å². The van der Waals surface area contributed by atoms with Gasteiger partial charge in [-0.3, -0.25) is 9.59 Å². The third-order valence-corrected chi connectivity index (χ3v) is 4.74. The van der Waals surface area contributed by atoms with Gasteiger partial charge in [-0.05, 0) is 12.8 Å². The van der Waals surface area contributed by atoms with Gasteiger partial charge >= 0.3 is 5.97 Å². The lowest BCUT2D eigenvalue weighted by molar-refractivity contribution is -0.137. The molecule has 0 saturated carbocycles. The summed E-state index contributed by atoms with van der Waals surface area (Å²) < 4.78 is 0. The molecule has 0 aromatic heterocycles. The van der Waals surface area contributed by atoms with Gasteiger partial charge in [-0.2, -0.15) is 0 Å². The smallest absolute Gasteiger partial charge is 0.303 e. The number of carbonyl (C=O) groups excluding carboxylic acids is 1. The lowest BCUT2D eigenvalue weighted by atomic mass is 10.0. The molecule has 0 radical (unpaired) electrons. The molecule has 3 nitrogen and oxygen atoms in total. The number of carboxylic acids is 1. The number of aliphatic carboxylic acids is 1. The number of carbonyl (C=O) groups is 2. The van der Waals surface area contributed by atoms with Crippen molar-refractivity contribution in [2.45, 2.75) is 122 Å². The highest BCUT2D eigenvalue weighted by atomic mass is 16.4. The molecule has 0 aliphatic heterocycles. The van der Waals surface area contributed by atoms with Crippen LogP contribution in [0.3, 0.4) is 0 Å². The van der Waals surface area contributed by atoms with Crippen LogP contribution >= 0.6 is 0 Å². The molecule has 0 saturated heterocycles. The van der Waals surface area contributed by atoms with E-state index in [9.17, 15) is 9.59 Å². The van der Waals surface area contributed by atoms with Crippen molar-refractivity contribution in [2.24, 2.45) is 0 Å². The van der Waals surface area contributed by atoms with E-state index >= 15 is 0 Å². The molecule has 0 atom stereocenters. The van der Waals surface area contributed by atoms with E-state index in [1.54, 1.807) is 0 Å². The predicted molar refractivity (Wildman–Crippen MR) is 101 cm³/mol. The van der Waals surface area contributed by atoms with Crippen LogP contribution in [0, 0.1) is 0 Å². The summed E-state index contributed by atoms with van der Waals surface area (Å²) in [5.41, 5.74) is 0. The van der Waals surface area contributed by atoms with Crippen molar-refractivity contribution in [3.63, 3.8) is 0 Å². The summed E-state index contributed by atoms with van der Waals surface area (Å²) in [5.74, 6) is -0.253. The van der Waals surface area contributed by atoms with Crippen LogP contribution in [0.5, 0.6) is 0 Å². The molecule has 0 spiro atoms. The molecular formula is C21H40O3. The summed E-state index contributed by atoms with van der Waals surface area (Å²) in [6.07, 6.45) is 20.6.